The Morgan fingerprint density at radius 2 is 2.26 bits per heavy atom. The van der Waals surface area contributed by atoms with Crippen molar-refractivity contribution >= 4 is 27.8 Å². The zero-order valence-electron chi connectivity index (χ0n) is 10.4. The molecule has 1 aliphatic heterocycles. The second-order valence-electron chi connectivity index (χ2n) is 4.50. The molecule has 8 heteroatoms. The number of aryl methyl sites for hydroxylation is 2. The Morgan fingerprint density at radius 3 is 3.00 bits per heavy atom. The maximum atomic E-state index is 12.1. The maximum absolute atomic E-state index is 12.1. The number of nitrogens with one attached hydrogen (secondary N) is 1. The fourth-order valence-electron chi connectivity index (χ4n) is 2.17. The SMILES string of the molecule is Cn1cc(Br)c(C(=O)Nc2nnc3n2CCCC3)n1. The number of amides is 1. The average molecular weight is 325 g/mol. The Hall–Kier alpha value is -1.70. The molecule has 3 rings (SSSR count). The number of aromatic nitrogens is 5. The van der Waals surface area contributed by atoms with Crippen molar-refractivity contribution in [2.45, 2.75) is 25.8 Å². The number of anilines is 1. The number of halogens is 1. The predicted octanol–water partition coefficient (Wildman–Crippen LogP) is 1.36. The molecule has 7 nitrogen and oxygen atoms in total. The van der Waals surface area contributed by atoms with Crippen LogP contribution in [0.4, 0.5) is 5.95 Å². The fourth-order valence-corrected chi connectivity index (χ4v) is 2.73. The fraction of sp³-hybridized carbons (Fsp3) is 0.455. The van der Waals surface area contributed by atoms with Crippen LogP contribution < -0.4 is 5.32 Å². The quantitative estimate of drug-likeness (QED) is 0.904. The van der Waals surface area contributed by atoms with E-state index in [0.29, 0.717) is 16.1 Å². The van der Waals surface area contributed by atoms with Crippen LogP contribution in [-0.4, -0.2) is 30.5 Å². The third-order valence-corrected chi connectivity index (χ3v) is 3.66. The van der Waals surface area contributed by atoms with Gasteiger partial charge in [-0.25, -0.2) is 0 Å². The highest BCUT2D eigenvalue weighted by atomic mass is 79.9. The van der Waals surface area contributed by atoms with Gasteiger partial charge in [0.1, 0.15) is 5.82 Å². The van der Waals surface area contributed by atoms with Gasteiger partial charge in [-0.15, -0.1) is 10.2 Å². The second-order valence-corrected chi connectivity index (χ2v) is 5.36. The molecule has 2 aromatic rings. The van der Waals surface area contributed by atoms with Crippen molar-refractivity contribution in [3.63, 3.8) is 0 Å². The molecule has 2 aromatic heterocycles. The summed E-state index contributed by atoms with van der Waals surface area (Å²) in [6.45, 7) is 0.849. The third-order valence-electron chi connectivity index (χ3n) is 3.08. The molecule has 100 valence electrons. The van der Waals surface area contributed by atoms with Crippen molar-refractivity contribution in [3.05, 3.63) is 22.2 Å². The number of carbonyl (C=O) groups excluding carboxylic acids is 1. The lowest BCUT2D eigenvalue weighted by Crippen LogP contribution is -2.19. The van der Waals surface area contributed by atoms with E-state index >= 15 is 0 Å². The molecule has 0 bridgehead atoms. The zero-order chi connectivity index (χ0) is 13.4. The summed E-state index contributed by atoms with van der Waals surface area (Å²) in [5.74, 6) is 1.15. The Kier molecular flexibility index (Phi) is 3.09. The molecular weight excluding hydrogens is 312 g/mol. The minimum absolute atomic E-state index is 0.284. The van der Waals surface area contributed by atoms with E-state index in [4.69, 9.17) is 0 Å². The van der Waals surface area contributed by atoms with Crippen LogP contribution >= 0.6 is 15.9 Å². The van der Waals surface area contributed by atoms with Gasteiger partial charge in [-0.3, -0.25) is 19.4 Å². The summed E-state index contributed by atoms with van der Waals surface area (Å²) in [5.41, 5.74) is 0.343. The molecule has 1 aliphatic rings. The minimum Gasteiger partial charge on any atom is -0.297 e. The average Bonchev–Trinajstić information content (AvgIpc) is 2.94. The van der Waals surface area contributed by atoms with Crippen LogP contribution in [0.5, 0.6) is 0 Å². The Bertz CT molecular complexity index is 631. The van der Waals surface area contributed by atoms with Crippen molar-refractivity contribution < 1.29 is 4.79 Å². The summed E-state index contributed by atoms with van der Waals surface area (Å²) in [5, 5.41) is 15.0. The lowest BCUT2D eigenvalue weighted by Gasteiger charge is -2.14. The van der Waals surface area contributed by atoms with Gasteiger partial charge in [0.25, 0.3) is 5.91 Å². The molecule has 3 heterocycles. The topological polar surface area (TPSA) is 77.6 Å². The van der Waals surface area contributed by atoms with Gasteiger partial charge in [-0.2, -0.15) is 5.10 Å². The van der Waals surface area contributed by atoms with Gasteiger partial charge >= 0.3 is 0 Å². The van der Waals surface area contributed by atoms with Gasteiger partial charge in [-0.05, 0) is 28.8 Å². The van der Waals surface area contributed by atoms with Crippen molar-refractivity contribution in [2.24, 2.45) is 7.05 Å². The van der Waals surface area contributed by atoms with Crippen LogP contribution in [0.25, 0.3) is 0 Å². The van der Waals surface area contributed by atoms with E-state index < -0.39 is 0 Å². The lowest BCUT2D eigenvalue weighted by atomic mass is 10.2. The zero-order valence-corrected chi connectivity index (χ0v) is 12.0. The summed E-state index contributed by atoms with van der Waals surface area (Å²) in [6.07, 6.45) is 4.85. The van der Waals surface area contributed by atoms with E-state index in [-0.39, 0.29) is 5.91 Å². The second kappa shape index (κ2) is 4.76. The molecule has 1 amide bonds. The van der Waals surface area contributed by atoms with Crippen molar-refractivity contribution in [1.82, 2.24) is 24.5 Å². The van der Waals surface area contributed by atoms with Crippen molar-refractivity contribution in [2.75, 3.05) is 5.32 Å². The molecule has 1 N–H and O–H groups in total. The van der Waals surface area contributed by atoms with Gasteiger partial charge in [0.15, 0.2) is 5.69 Å². The molecule has 0 atom stereocenters. The predicted molar refractivity (Wildman–Crippen MR) is 71.8 cm³/mol. The van der Waals surface area contributed by atoms with Gasteiger partial charge in [0.05, 0.1) is 4.47 Å². The number of rotatable bonds is 2. The maximum Gasteiger partial charge on any atom is 0.279 e. The van der Waals surface area contributed by atoms with E-state index in [9.17, 15) is 4.79 Å². The highest BCUT2D eigenvalue weighted by Crippen LogP contribution is 2.19. The van der Waals surface area contributed by atoms with Crippen LogP contribution in [0.1, 0.15) is 29.2 Å². The number of fused-ring (bicyclic) bond motifs is 1. The first-order valence-corrected chi connectivity index (χ1v) is 6.87. The Balaban J connectivity index is 1.83. The molecule has 0 fully saturated rings. The normalized spacial score (nSPS) is 14.2. The number of carbonyl (C=O) groups is 1. The van der Waals surface area contributed by atoms with Crippen LogP contribution in [0, 0.1) is 0 Å². The molecule has 0 unspecified atom stereocenters. The van der Waals surface area contributed by atoms with Crippen LogP contribution in [0.2, 0.25) is 0 Å². The summed E-state index contributed by atoms with van der Waals surface area (Å²) < 4.78 is 4.20. The largest absolute Gasteiger partial charge is 0.297 e. The van der Waals surface area contributed by atoms with Gasteiger partial charge in [0.2, 0.25) is 5.95 Å². The third kappa shape index (κ3) is 2.27. The Morgan fingerprint density at radius 1 is 1.42 bits per heavy atom. The van der Waals surface area contributed by atoms with E-state index in [0.717, 1.165) is 31.6 Å². The van der Waals surface area contributed by atoms with E-state index in [2.05, 4.69) is 36.5 Å². The van der Waals surface area contributed by atoms with Crippen LogP contribution in [-0.2, 0) is 20.0 Å². The molecule has 0 aromatic carbocycles. The molecule has 0 aliphatic carbocycles. The molecule has 0 spiro atoms. The number of hydrogen-bond donors (Lipinski definition) is 1. The summed E-state index contributed by atoms with van der Waals surface area (Å²) in [6, 6.07) is 0. The minimum atomic E-state index is -0.284. The highest BCUT2D eigenvalue weighted by Gasteiger charge is 2.20. The molecule has 0 saturated carbocycles. The van der Waals surface area contributed by atoms with E-state index in [1.165, 1.54) is 0 Å². The van der Waals surface area contributed by atoms with Crippen molar-refractivity contribution in [3.8, 4) is 0 Å². The van der Waals surface area contributed by atoms with Crippen molar-refractivity contribution in [1.29, 1.82) is 0 Å². The van der Waals surface area contributed by atoms with E-state index in [1.54, 1.807) is 17.9 Å². The molecule has 0 saturated heterocycles. The summed E-state index contributed by atoms with van der Waals surface area (Å²) >= 11 is 3.31. The first-order chi connectivity index (χ1) is 9.15. The van der Waals surface area contributed by atoms with Gasteiger partial charge in [0, 0.05) is 26.2 Å². The first kappa shape index (κ1) is 12.3. The summed E-state index contributed by atoms with van der Waals surface area (Å²) in [4.78, 5) is 12.1. The molecule has 19 heavy (non-hydrogen) atoms. The Labute approximate surface area is 118 Å². The molecule has 0 radical (unpaired) electrons. The number of nitrogens with zero attached hydrogens (tertiary/aromatic N) is 5. The van der Waals surface area contributed by atoms with Gasteiger partial charge in [-0.1, -0.05) is 0 Å². The lowest BCUT2D eigenvalue weighted by molar-refractivity contribution is 0.101. The van der Waals surface area contributed by atoms with Gasteiger partial charge < -0.3 is 0 Å². The van der Waals surface area contributed by atoms with Crippen LogP contribution in [0.15, 0.2) is 10.7 Å². The van der Waals surface area contributed by atoms with Crippen LogP contribution in [0.3, 0.4) is 0 Å². The number of hydrogen-bond acceptors (Lipinski definition) is 4. The highest BCUT2D eigenvalue weighted by molar-refractivity contribution is 9.10. The summed E-state index contributed by atoms with van der Waals surface area (Å²) in [7, 11) is 1.76. The van der Waals surface area contributed by atoms with E-state index in [1.807, 2.05) is 4.57 Å². The smallest absolute Gasteiger partial charge is 0.279 e. The molecular formula is C11H13BrN6O. The monoisotopic (exact) mass is 324 g/mol. The standard InChI is InChI=1S/C11H13BrN6O/c1-17-6-7(12)9(16-17)10(19)13-11-15-14-8-4-2-3-5-18(8)11/h6H,2-5H2,1H3,(H,13,15,19). The first-order valence-electron chi connectivity index (χ1n) is 6.08.